The highest BCUT2D eigenvalue weighted by Gasteiger charge is 2.12. The van der Waals surface area contributed by atoms with Crippen molar-refractivity contribution in [2.24, 2.45) is 0 Å². The lowest BCUT2D eigenvalue weighted by Crippen LogP contribution is -1.94. The SMILES string of the molecule is Brc1ccc(-c2cc(-c3ccccn3)nc(-c3ccccn3)c2)cc1-c1cccc(C#Cc2ccccc2)c1. The molecule has 0 fully saturated rings. The van der Waals surface area contributed by atoms with Gasteiger partial charge in [0.05, 0.1) is 22.8 Å². The molecule has 3 aromatic carbocycles. The maximum atomic E-state index is 4.91. The molecule has 0 saturated heterocycles. The van der Waals surface area contributed by atoms with Gasteiger partial charge in [-0.1, -0.05) is 76.3 Å². The highest BCUT2D eigenvalue weighted by atomic mass is 79.9. The average Bonchev–Trinajstić information content (AvgIpc) is 3.01. The summed E-state index contributed by atoms with van der Waals surface area (Å²) in [7, 11) is 0. The molecule has 39 heavy (non-hydrogen) atoms. The molecular weight excluding hydrogens is 542 g/mol. The molecule has 3 nitrogen and oxygen atoms in total. The van der Waals surface area contributed by atoms with Crippen molar-refractivity contribution < 1.29 is 0 Å². The van der Waals surface area contributed by atoms with Gasteiger partial charge in [-0.05, 0) is 95.1 Å². The smallest absolute Gasteiger partial charge is 0.0900 e. The third kappa shape index (κ3) is 5.70. The Bertz CT molecular complexity index is 1750. The molecule has 0 saturated carbocycles. The van der Waals surface area contributed by atoms with Crippen LogP contribution in [0.15, 0.2) is 138 Å². The molecular formula is C35H22BrN3. The monoisotopic (exact) mass is 563 g/mol. The minimum Gasteiger partial charge on any atom is -0.255 e. The van der Waals surface area contributed by atoms with Gasteiger partial charge in [0.1, 0.15) is 0 Å². The van der Waals surface area contributed by atoms with Crippen LogP contribution in [0.4, 0.5) is 0 Å². The number of hydrogen-bond donors (Lipinski definition) is 0. The number of nitrogens with zero attached hydrogens (tertiary/aromatic N) is 3. The van der Waals surface area contributed by atoms with Crippen molar-refractivity contribution in [3.63, 3.8) is 0 Å². The van der Waals surface area contributed by atoms with Crippen LogP contribution in [0, 0.1) is 11.8 Å². The quantitative estimate of drug-likeness (QED) is 0.201. The maximum absolute atomic E-state index is 4.91. The molecule has 0 atom stereocenters. The van der Waals surface area contributed by atoms with Crippen molar-refractivity contribution in [1.82, 2.24) is 15.0 Å². The minimum atomic E-state index is 0.802. The average molecular weight is 564 g/mol. The van der Waals surface area contributed by atoms with Crippen molar-refractivity contribution in [2.45, 2.75) is 0 Å². The van der Waals surface area contributed by atoms with Crippen LogP contribution in [-0.2, 0) is 0 Å². The third-order valence-electron chi connectivity index (χ3n) is 6.28. The lowest BCUT2D eigenvalue weighted by Gasteiger charge is -2.12. The van der Waals surface area contributed by atoms with Crippen LogP contribution in [0.1, 0.15) is 11.1 Å². The lowest BCUT2D eigenvalue weighted by molar-refractivity contribution is 1.22. The highest BCUT2D eigenvalue weighted by Crippen LogP contribution is 2.35. The van der Waals surface area contributed by atoms with Crippen LogP contribution in [0.2, 0.25) is 0 Å². The first kappa shape index (κ1) is 24.5. The number of rotatable bonds is 4. The van der Waals surface area contributed by atoms with Crippen LogP contribution in [-0.4, -0.2) is 15.0 Å². The Hall–Kier alpha value is -4.85. The Labute approximate surface area is 236 Å². The summed E-state index contributed by atoms with van der Waals surface area (Å²) in [6.45, 7) is 0. The Morgan fingerprint density at radius 3 is 1.77 bits per heavy atom. The van der Waals surface area contributed by atoms with E-state index in [4.69, 9.17) is 4.98 Å². The third-order valence-corrected chi connectivity index (χ3v) is 6.97. The zero-order valence-corrected chi connectivity index (χ0v) is 22.5. The molecule has 0 aliphatic heterocycles. The largest absolute Gasteiger partial charge is 0.255 e. The predicted octanol–water partition coefficient (Wildman–Crippen LogP) is 8.70. The zero-order chi connectivity index (χ0) is 26.4. The molecule has 0 spiro atoms. The molecule has 4 heteroatoms. The Kier molecular flexibility index (Phi) is 7.07. The lowest BCUT2D eigenvalue weighted by atomic mass is 9.97. The molecule has 0 unspecified atom stereocenters. The second kappa shape index (κ2) is 11.3. The molecule has 0 radical (unpaired) electrons. The summed E-state index contributed by atoms with van der Waals surface area (Å²) in [6, 6.07) is 40.7. The second-order valence-electron chi connectivity index (χ2n) is 8.95. The van der Waals surface area contributed by atoms with Gasteiger partial charge >= 0.3 is 0 Å². The van der Waals surface area contributed by atoms with Crippen LogP contribution in [0.25, 0.3) is 45.0 Å². The van der Waals surface area contributed by atoms with E-state index in [1.807, 2.05) is 78.9 Å². The molecule has 0 aliphatic carbocycles. The van der Waals surface area contributed by atoms with Gasteiger partial charge in [0.25, 0.3) is 0 Å². The van der Waals surface area contributed by atoms with Crippen molar-refractivity contribution in [1.29, 1.82) is 0 Å². The van der Waals surface area contributed by atoms with E-state index >= 15 is 0 Å². The fraction of sp³-hybridized carbons (Fsp3) is 0. The molecule has 0 N–H and O–H groups in total. The summed E-state index contributed by atoms with van der Waals surface area (Å²) in [6.07, 6.45) is 3.57. The summed E-state index contributed by atoms with van der Waals surface area (Å²) < 4.78 is 1.02. The molecule has 0 aliphatic rings. The standard InChI is InChI=1S/C35H22BrN3/c36-31-18-17-27(22-30(31)28-12-8-11-26(21-28)16-15-25-9-2-1-3-10-25)29-23-34(32-13-4-6-19-37-32)39-35(24-29)33-14-5-7-20-38-33/h1-14,17-24H. The molecule has 3 aromatic heterocycles. The number of hydrogen-bond acceptors (Lipinski definition) is 3. The summed E-state index contributed by atoms with van der Waals surface area (Å²) >= 11 is 3.77. The van der Waals surface area contributed by atoms with Gasteiger partial charge in [-0.3, -0.25) is 9.97 Å². The molecule has 0 bridgehead atoms. The Morgan fingerprint density at radius 1 is 0.462 bits per heavy atom. The minimum absolute atomic E-state index is 0.802. The molecule has 6 rings (SSSR count). The van der Waals surface area contributed by atoms with Gasteiger partial charge in [-0.25, -0.2) is 4.98 Å². The van der Waals surface area contributed by atoms with E-state index < -0.39 is 0 Å². The number of pyridine rings is 3. The van der Waals surface area contributed by atoms with Gasteiger partial charge in [-0.15, -0.1) is 0 Å². The van der Waals surface area contributed by atoms with Crippen LogP contribution in [0.5, 0.6) is 0 Å². The maximum Gasteiger partial charge on any atom is 0.0900 e. The van der Waals surface area contributed by atoms with E-state index in [1.165, 1.54) is 0 Å². The van der Waals surface area contributed by atoms with Crippen molar-refractivity contribution in [3.05, 3.63) is 149 Å². The van der Waals surface area contributed by atoms with Crippen LogP contribution < -0.4 is 0 Å². The molecule has 0 amide bonds. The van der Waals surface area contributed by atoms with E-state index in [0.29, 0.717) is 0 Å². The van der Waals surface area contributed by atoms with Crippen molar-refractivity contribution in [3.8, 4) is 56.9 Å². The van der Waals surface area contributed by atoms with Crippen molar-refractivity contribution >= 4 is 15.9 Å². The van der Waals surface area contributed by atoms with E-state index in [0.717, 1.165) is 60.6 Å². The van der Waals surface area contributed by atoms with Gasteiger partial charge < -0.3 is 0 Å². The van der Waals surface area contributed by atoms with Gasteiger partial charge in [-0.2, -0.15) is 0 Å². The molecule has 3 heterocycles. The number of benzene rings is 3. The molecule has 184 valence electrons. The highest BCUT2D eigenvalue weighted by molar-refractivity contribution is 9.10. The first-order valence-electron chi connectivity index (χ1n) is 12.6. The summed E-state index contributed by atoms with van der Waals surface area (Å²) in [5.74, 6) is 6.56. The summed E-state index contributed by atoms with van der Waals surface area (Å²) in [4.78, 5) is 14.0. The zero-order valence-electron chi connectivity index (χ0n) is 20.9. The fourth-order valence-electron chi connectivity index (χ4n) is 4.34. The molecule has 6 aromatic rings. The first-order chi connectivity index (χ1) is 19.2. The topological polar surface area (TPSA) is 38.7 Å². The second-order valence-corrected chi connectivity index (χ2v) is 9.80. The predicted molar refractivity (Wildman–Crippen MR) is 162 cm³/mol. The Balaban J connectivity index is 1.43. The van der Waals surface area contributed by atoms with Gasteiger partial charge in [0, 0.05) is 28.0 Å². The van der Waals surface area contributed by atoms with Gasteiger partial charge in [0.15, 0.2) is 0 Å². The van der Waals surface area contributed by atoms with E-state index in [2.05, 4.69) is 80.2 Å². The van der Waals surface area contributed by atoms with Crippen LogP contribution in [0.3, 0.4) is 0 Å². The summed E-state index contributed by atoms with van der Waals surface area (Å²) in [5, 5.41) is 0. The first-order valence-corrected chi connectivity index (χ1v) is 13.3. The van der Waals surface area contributed by atoms with Crippen LogP contribution >= 0.6 is 15.9 Å². The van der Waals surface area contributed by atoms with E-state index in [-0.39, 0.29) is 0 Å². The number of aromatic nitrogens is 3. The van der Waals surface area contributed by atoms with Crippen molar-refractivity contribution in [2.75, 3.05) is 0 Å². The summed E-state index contributed by atoms with van der Waals surface area (Å²) in [5.41, 5.74) is 9.50. The van der Waals surface area contributed by atoms with E-state index in [1.54, 1.807) is 12.4 Å². The fourth-order valence-corrected chi connectivity index (χ4v) is 4.82. The van der Waals surface area contributed by atoms with E-state index in [9.17, 15) is 0 Å². The van der Waals surface area contributed by atoms with Gasteiger partial charge in [0.2, 0.25) is 0 Å². The number of halogens is 1. The Morgan fingerprint density at radius 2 is 1.10 bits per heavy atom. The normalized spacial score (nSPS) is 10.5.